The Morgan fingerprint density at radius 3 is 2.48 bits per heavy atom. The quantitative estimate of drug-likeness (QED) is 0.159. The van der Waals surface area contributed by atoms with E-state index in [-0.39, 0.29) is 33.9 Å². The predicted molar refractivity (Wildman–Crippen MR) is 173 cm³/mol. The summed E-state index contributed by atoms with van der Waals surface area (Å²) in [6, 6.07) is 15.0. The lowest BCUT2D eigenvalue weighted by Gasteiger charge is -2.26. The molecule has 0 aliphatic carbocycles. The lowest BCUT2D eigenvalue weighted by molar-refractivity contribution is 0.102. The number of anilines is 3. The molecule has 1 aliphatic heterocycles. The normalized spacial score (nSPS) is 13.4. The molecular formula is C33H34Cl2FN5O3. The Bertz CT molecular complexity index is 1610. The first kappa shape index (κ1) is 31.5. The number of ether oxygens (including phenoxy) is 2. The van der Waals surface area contributed by atoms with Gasteiger partial charge in [-0.25, -0.2) is 9.37 Å². The average molecular weight is 639 g/mol. The van der Waals surface area contributed by atoms with Crippen LogP contribution in [-0.2, 0) is 0 Å². The molecule has 5 rings (SSSR count). The van der Waals surface area contributed by atoms with E-state index in [4.69, 9.17) is 32.7 Å². The van der Waals surface area contributed by atoms with Crippen LogP contribution in [0, 0.1) is 19.7 Å². The highest BCUT2D eigenvalue weighted by Gasteiger charge is 2.20. The van der Waals surface area contributed by atoms with Gasteiger partial charge >= 0.3 is 0 Å². The molecule has 0 atom stereocenters. The van der Waals surface area contributed by atoms with E-state index >= 15 is 0 Å². The third-order valence-electron chi connectivity index (χ3n) is 7.33. The average Bonchev–Trinajstić information content (AvgIpc) is 3.00. The number of hydrogen-bond donors (Lipinski definition) is 2. The van der Waals surface area contributed by atoms with E-state index in [2.05, 4.69) is 25.5 Å². The Kier molecular flexibility index (Phi) is 10.5. The second kappa shape index (κ2) is 14.7. The van der Waals surface area contributed by atoms with Crippen molar-refractivity contribution in [3.8, 4) is 17.4 Å². The summed E-state index contributed by atoms with van der Waals surface area (Å²) >= 11 is 12.4. The van der Waals surface area contributed by atoms with Crippen molar-refractivity contribution in [2.24, 2.45) is 0 Å². The van der Waals surface area contributed by atoms with Gasteiger partial charge in [0, 0.05) is 35.2 Å². The molecule has 230 valence electrons. The number of rotatable bonds is 11. The minimum atomic E-state index is -0.512. The molecule has 1 saturated heterocycles. The number of hydrogen-bond acceptors (Lipinski definition) is 7. The number of nitrogens with zero attached hydrogens (tertiary/aromatic N) is 3. The van der Waals surface area contributed by atoms with Crippen molar-refractivity contribution < 1.29 is 18.7 Å². The molecule has 0 unspecified atom stereocenters. The fourth-order valence-electron chi connectivity index (χ4n) is 4.99. The summed E-state index contributed by atoms with van der Waals surface area (Å²) < 4.78 is 26.6. The number of para-hydroxylation sites is 1. The number of benzene rings is 3. The van der Waals surface area contributed by atoms with Crippen LogP contribution < -0.4 is 20.1 Å². The monoisotopic (exact) mass is 637 g/mol. The van der Waals surface area contributed by atoms with Gasteiger partial charge < -0.3 is 25.0 Å². The maximum atomic E-state index is 14.9. The molecule has 0 spiro atoms. The van der Waals surface area contributed by atoms with Crippen LogP contribution in [0.2, 0.25) is 10.0 Å². The highest BCUT2D eigenvalue weighted by molar-refractivity contribution is 6.35. The molecule has 3 aromatic carbocycles. The Morgan fingerprint density at radius 2 is 1.75 bits per heavy atom. The SMILES string of the molecule is Cc1cccc(C)c1NC(=O)c1cnc(Nc2ccc(OCCCN3CCCCC3)c(F)c2)nc1Oc1ccc(Cl)cc1Cl. The van der Waals surface area contributed by atoms with Crippen LogP contribution in [0.4, 0.5) is 21.7 Å². The van der Waals surface area contributed by atoms with E-state index in [9.17, 15) is 9.18 Å². The summed E-state index contributed by atoms with van der Waals surface area (Å²) in [6.45, 7) is 7.43. The Morgan fingerprint density at radius 1 is 1.00 bits per heavy atom. The maximum absolute atomic E-state index is 14.9. The molecule has 4 aromatic rings. The second-order valence-corrected chi connectivity index (χ2v) is 11.5. The van der Waals surface area contributed by atoms with Crippen LogP contribution in [0.25, 0.3) is 0 Å². The van der Waals surface area contributed by atoms with Crippen LogP contribution in [0.5, 0.6) is 17.4 Å². The summed E-state index contributed by atoms with van der Waals surface area (Å²) in [5, 5.41) is 6.57. The number of aryl methyl sites for hydroxylation is 2. The van der Waals surface area contributed by atoms with Crippen LogP contribution in [0.15, 0.2) is 60.8 Å². The number of likely N-dealkylation sites (tertiary alicyclic amines) is 1. The van der Waals surface area contributed by atoms with Crippen molar-refractivity contribution in [2.45, 2.75) is 39.5 Å². The van der Waals surface area contributed by atoms with Crippen molar-refractivity contribution in [3.63, 3.8) is 0 Å². The summed E-state index contributed by atoms with van der Waals surface area (Å²) in [6.07, 6.45) is 5.94. The van der Waals surface area contributed by atoms with Gasteiger partial charge in [-0.2, -0.15) is 4.98 Å². The minimum absolute atomic E-state index is 0.0513. The van der Waals surface area contributed by atoms with Gasteiger partial charge in [0.15, 0.2) is 11.6 Å². The maximum Gasteiger partial charge on any atom is 0.262 e. The molecule has 1 aromatic heterocycles. The smallest absolute Gasteiger partial charge is 0.262 e. The molecular weight excluding hydrogens is 604 g/mol. The number of halogens is 3. The third kappa shape index (κ3) is 8.16. The molecule has 44 heavy (non-hydrogen) atoms. The van der Waals surface area contributed by atoms with Crippen molar-refractivity contribution in [3.05, 3.63) is 93.3 Å². The number of aromatic nitrogens is 2. The topological polar surface area (TPSA) is 88.6 Å². The first-order valence-electron chi connectivity index (χ1n) is 14.6. The van der Waals surface area contributed by atoms with Crippen molar-refractivity contribution >= 4 is 46.4 Å². The second-order valence-electron chi connectivity index (χ2n) is 10.7. The van der Waals surface area contributed by atoms with Crippen molar-refractivity contribution in [2.75, 3.05) is 36.9 Å². The van der Waals surface area contributed by atoms with Gasteiger partial charge in [0.25, 0.3) is 5.91 Å². The Balaban J connectivity index is 1.32. The molecule has 0 bridgehead atoms. The van der Waals surface area contributed by atoms with E-state index in [1.807, 2.05) is 32.0 Å². The van der Waals surface area contributed by atoms with E-state index in [0.29, 0.717) is 23.0 Å². The predicted octanol–water partition coefficient (Wildman–Crippen LogP) is 8.58. The largest absolute Gasteiger partial charge is 0.490 e. The number of nitrogens with one attached hydrogen (secondary N) is 2. The number of amides is 1. The fraction of sp³-hybridized carbons (Fsp3) is 0.303. The van der Waals surface area contributed by atoms with Gasteiger partial charge in [-0.15, -0.1) is 0 Å². The number of carbonyl (C=O) groups is 1. The Labute approximate surface area is 266 Å². The van der Waals surface area contributed by atoms with Gasteiger partial charge in [-0.3, -0.25) is 4.79 Å². The first-order valence-corrected chi connectivity index (χ1v) is 15.3. The first-order chi connectivity index (χ1) is 21.3. The lowest BCUT2D eigenvalue weighted by atomic mass is 10.1. The van der Waals surface area contributed by atoms with Gasteiger partial charge in [-0.05, 0) is 87.7 Å². The van der Waals surface area contributed by atoms with Gasteiger partial charge in [0.1, 0.15) is 11.3 Å². The highest BCUT2D eigenvalue weighted by Crippen LogP contribution is 2.33. The molecule has 1 amide bonds. The molecule has 8 nitrogen and oxygen atoms in total. The summed E-state index contributed by atoms with van der Waals surface area (Å²) in [5.41, 5.74) is 2.95. The molecule has 0 saturated carbocycles. The van der Waals surface area contributed by atoms with Crippen LogP contribution in [0.1, 0.15) is 47.2 Å². The van der Waals surface area contributed by atoms with E-state index < -0.39 is 11.7 Å². The van der Waals surface area contributed by atoms with Crippen LogP contribution in [-0.4, -0.2) is 47.0 Å². The molecule has 1 fully saturated rings. The fourth-order valence-corrected chi connectivity index (χ4v) is 5.44. The third-order valence-corrected chi connectivity index (χ3v) is 7.86. The molecule has 1 aliphatic rings. The van der Waals surface area contributed by atoms with Crippen LogP contribution in [0.3, 0.4) is 0 Å². The molecule has 0 radical (unpaired) electrons. The minimum Gasteiger partial charge on any atom is -0.490 e. The van der Waals surface area contributed by atoms with E-state index in [1.54, 1.807) is 24.3 Å². The zero-order chi connectivity index (χ0) is 31.1. The molecule has 2 N–H and O–H groups in total. The van der Waals surface area contributed by atoms with Crippen molar-refractivity contribution in [1.29, 1.82) is 0 Å². The zero-order valence-corrected chi connectivity index (χ0v) is 26.1. The summed E-state index contributed by atoms with van der Waals surface area (Å²) in [5.74, 6) is -0.526. The molecule has 2 heterocycles. The zero-order valence-electron chi connectivity index (χ0n) is 24.6. The standard InChI is InChI=1S/C33H34Cl2FN5O3/c1-21-8-6-9-22(2)30(21)39-31(42)25-20-37-33(40-32(25)44-28-12-10-23(34)18-26(28)35)38-24-11-13-29(27(36)19-24)43-17-7-16-41-14-4-3-5-15-41/h6,8-13,18-20H,3-5,7,14-17H2,1-2H3,(H,39,42)(H,37,38,40). The van der Waals surface area contributed by atoms with Crippen molar-refractivity contribution in [1.82, 2.24) is 14.9 Å². The summed E-state index contributed by atoms with van der Waals surface area (Å²) in [7, 11) is 0. The van der Waals surface area contributed by atoms with E-state index in [1.165, 1.54) is 37.6 Å². The number of piperidine rings is 1. The van der Waals surface area contributed by atoms with Crippen LogP contribution >= 0.6 is 23.2 Å². The number of carbonyl (C=O) groups excluding carboxylic acids is 1. The van der Waals surface area contributed by atoms with E-state index in [0.717, 1.165) is 37.2 Å². The van der Waals surface area contributed by atoms with Gasteiger partial charge in [0.05, 0.1) is 11.6 Å². The Hall–Kier alpha value is -3.92. The van der Waals surface area contributed by atoms with Gasteiger partial charge in [-0.1, -0.05) is 47.8 Å². The summed E-state index contributed by atoms with van der Waals surface area (Å²) in [4.78, 5) is 24.6. The van der Waals surface area contributed by atoms with Gasteiger partial charge in [0.2, 0.25) is 11.8 Å². The lowest BCUT2D eigenvalue weighted by Crippen LogP contribution is -2.31. The molecule has 11 heteroatoms. The highest BCUT2D eigenvalue weighted by atomic mass is 35.5.